The van der Waals surface area contributed by atoms with Crippen molar-refractivity contribution in [3.05, 3.63) is 29.8 Å². The summed E-state index contributed by atoms with van der Waals surface area (Å²) >= 11 is 0. The Kier molecular flexibility index (Phi) is 4.20. The second-order valence-corrected chi connectivity index (χ2v) is 4.64. The van der Waals surface area contributed by atoms with Crippen molar-refractivity contribution >= 4 is 11.8 Å². The smallest absolute Gasteiger partial charge is 0.411 e. The van der Waals surface area contributed by atoms with Crippen molar-refractivity contribution in [3.63, 3.8) is 0 Å². The first-order chi connectivity index (χ1) is 8.69. The molecule has 1 atom stereocenters. The Morgan fingerprint density at radius 3 is 2.61 bits per heavy atom. The van der Waals surface area contributed by atoms with E-state index in [-0.39, 0.29) is 6.10 Å². The third kappa shape index (κ3) is 3.23. The Morgan fingerprint density at radius 1 is 1.44 bits per heavy atom. The molecule has 18 heavy (non-hydrogen) atoms. The minimum atomic E-state index is -0.391. The standard InChI is InChI=1S/C14H19NO3/c1-3-13(11-8-17-9-11)18-14(16)15-12-6-4-10(2)5-7-12/h4-7,11,13H,3,8-9H2,1-2H3,(H,15,16). The predicted octanol–water partition coefficient (Wildman–Crippen LogP) is 2.97. The number of benzene rings is 1. The predicted molar refractivity (Wildman–Crippen MR) is 69.7 cm³/mol. The lowest BCUT2D eigenvalue weighted by atomic mass is 9.99. The first kappa shape index (κ1) is 12.9. The third-order valence-corrected chi connectivity index (χ3v) is 3.15. The fourth-order valence-corrected chi connectivity index (χ4v) is 1.90. The molecule has 0 radical (unpaired) electrons. The number of aryl methyl sites for hydroxylation is 1. The summed E-state index contributed by atoms with van der Waals surface area (Å²) in [6, 6.07) is 7.63. The van der Waals surface area contributed by atoms with E-state index in [4.69, 9.17) is 9.47 Å². The summed E-state index contributed by atoms with van der Waals surface area (Å²) in [7, 11) is 0. The van der Waals surface area contributed by atoms with Crippen molar-refractivity contribution in [3.8, 4) is 0 Å². The van der Waals surface area contributed by atoms with Gasteiger partial charge < -0.3 is 9.47 Å². The van der Waals surface area contributed by atoms with Gasteiger partial charge in [0.1, 0.15) is 6.10 Å². The molecule has 1 aliphatic rings. The molecule has 4 heteroatoms. The van der Waals surface area contributed by atoms with Gasteiger partial charge in [0.05, 0.1) is 13.2 Å². The second-order valence-electron chi connectivity index (χ2n) is 4.64. The van der Waals surface area contributed by atoms with Crippen molar-refractivity contribution in [1.29, 1.82) is 0 Å². The molecular formula is C14H19NO3. The SMILES string of the molecule is CCC(OC(=O)Nc1ccc(C)cc1)C1COC1. The molecular weight excluding hydrogens is 230 g/mol. The maximum Gasteiger partial charge on any atom is 0.411 e. The summed E-state index contributed by atoms with van der Waals surface area (Å²) in [4.78, 5) is 11.7. The fraction of sp³-hybridized carbons (Fsp3) is 0.500. The third-order valence-electron chi connectivity index (χ3n) is 3.15. The highest BCUT2D eigenvalue weighted by atomic mass is 16.6. The van der Waals surface area contributed by atoms with E-state index in [0.717, 1.165) is 17.7 Å². The van der Waals surface area contributed by atoms with Crippen LogP contribution in [0.5, 0.6) is 0 Å². The van der Waals surface area contributed by atoms with E-state index < -0.39 is 6.09 Å². The number of rotatable bonds is 4. The number of hydrogen-bond donors (Lipinski definition) is 1. The number of carbonyl (C=O) groups is 1. The van der Waals surface area contributed by atoms with Crippen LogP contribution in [0.4, 0.5) is 10.5 Å². The molecule has 1 aromatic rings. The van der Waals surface area contributed by atoms with Crippen LogP contribution in [-0.4, -0.2) is 25.4 Å². The van der Waals surface area contributed by atoms with Crippen LogP contribution in [0.1, 0.15) is 18.9 Å². The summed E-state index contributed by atoms with van der Waals surface area (Å²) in [5.41, 5.74) is 1.91. The number of anilines is 1. The largest absolute Gasteiger partial charge is 0.446 e. The molecule has 1 heterocycles. The summed E-state index contributed by atoms with van der Waals surface area (Å²) in [5, 5.41) is 2.74. The Bertz CT molecular complexity index is 398. The molecule has 1 fully saturated rings. The molecule has 1 aromatic carbocycles. The highest BCUT2D eigenvalue weighted by molar-refractivity contribution is 5.84. The molecule has 1 aliphatic heterocycles. The van der Waals surface area contributed by atoms with Crippen LogP contribution in [0.2, 0.25) is 0 Å². The van der Waals surface area contributed by atoms with Gasteiger partial charge in [0.2, 0.25) is 0 Å². The van der Waals surface area contributed by atoms with E-state index in [0.29, 0.717) is 19.1 Å². The normalized spacial score (nSPS) is 16.8. The minimum absolute atomic E-state index is 0.0517. The molecule has 2 rings (SSSR count). The monoisotopic (exact) mass is 249 g/mol. The average molecular weight is 249 g/mol. The number of carbonyl (C=O) groups excluding carboxylic acids is 1. The number of amides is 1. The van der Waals surface area contributed by atoms with E-state index in [1.54, 1.807) is 0 Å². The number of nitrogens with one attached hydrogen (secondary N) is 1. The lowest BCUT2D eigenvalue weighted by molar-refractivity contribution is -0.0922. The van der Waals surface area contributed by atoms with Gasteiger partial charge in [-0.3, -0.25) is 5.32 Å². The molecule has 1 N–H and O–H groups in total. The maximum absolute atomic E-state index is 11.7. The van der Waals surface area contributed by atoms with Crippen LogP contribution in [-0.2, 0) is 9.47 Å². The molecule has 0 spiro atoms. The summed E-state index contributed by atoms with van der Waals surface area (Å²) in [6.07, 6.45) is 0.372. The van der Waals surface area contributed by atoms with Crippen LogP contribution in [0.15, 0.2) is 24.3 Å². The van der Waals surface area contributed by atoms with Crippen LogP contribution in [0, 0.1) is 12.8 Å². The zero-order chi connectivity index (χ0) is 13.0. The molecule has 1 unspecified atom stereocenters. The summed E-state index contributed by atoms with van der Waals surface area (Å²) in [6.45, 7) is 5.40. The molecule has 1 amide bonds. The molecule has 98 valence electrons. The van der Waals surface area contributed by atoms with E-state index in [1.165, 1.54) is 0 Å². The quantitative estimate of drug-likeness (QED) is 0.892. The van der Waals surface area contributed by atoms with Crippen LogP contribution in [0.25, 0.3) is 0 Å². The molecule has 0 saturated carbocycles. The molecule has 0 aromatic heterocycles. The maximum atomic E-state index is 11.7. The van der Waals surface area contributed by atoms with Crippen molar-refractivity contribution in [2.45, 2.75) is 26.4 Å². The first-order valence-corrected chi connectivity index (χ1v) is 6.31. The number of hydrogen-bond acceptors (Lipinski definition) is 3. The molecule has 0 bridgehead atoms. The molecule has 1 saturated heterocycles. The van der Waals surface area contributed by atoms with Gasteiger partial charge in [-0.2, -0.15) is 0 Å². The van der Waals surface area contributed by atoms with Crippen molar-refractivity contribution in [1.82, 2.24) is 0 Å². The van der Waals surface area contributed by atoms with Crippen LogP contribution >= 0.6 is 0 Å². The topological polar surface area (TPSA) is 47.6 Å². The first-order valence-electron chi connectivity index (χ1n) is 6.31. The molecule has 0 aliphatic carbocycles. The van der Waals surface area contributed by atoms with E-state index >= 15 is 0 Å². The second kappa shape index (κ2) is 5.87. The Hall–Kier alpha value is -1.55. The van der Waals surface area contributed by atoms with Gasteiger partial charge in [0, 0.05) is 11.6 Å². The minimum Gasteiger partial charge on any atom is -0.446 e. The van der Waals surface area contributed by atoms with Crippen LogP contribution < -0.4 is 5.32 Å². The Morgan fingerprint density at radius 2 is 2.11 bits per heavy atom. The van der Waals surface area contributed by atoms with Gasteiger partial charge >= 0.3 is 6.09 Å². The van der Waals surface area contributed by atoms with Gasteiger partial charge in [-0.05, 0) is 25.5 Å². The number of ether oxygens (including phenoxy) is 2. The van der Waals surface area contributed by atoms with E-state index in [2.05, 4.69) is 5.32 Å². The van der Waals surface area contributed by atoms with Gasteiger partial charge in [-0.25, -0.2) is 4.79 Å². The van der Waals surface area contributed by atoms with E-state index in [9.17, 15) is 4.79 Å². The van der Waals surface area contributed by atoms with Gasteiger partial charge in [0.25, 0.3) is 0 Å². The van der Waals surface area contributed by atoms with Gasteiger partial charge in [0.15, 0.2) is 0 Å². The molecule has 4 nitrogen and oxygen atoms in total. The average Bonchev–Trinajstić information content (AvgIpc) is 2.29. The Labute approximate surface area is 107 Å². The van der Waals surface area contributed by atoms with Gasteiger partial charge in [-0.1, -0.05) is 24.6 Å². The van der Waals surface area contributed by atoms with E-state index in [1.807, 2.05) is 38.1 Å². The van der Waals surface area contributed by atoms with Crippen molar-refractivity contribution in [2.24, 2.45) is 5.92 Å². The van der Waals surface area contributed by atoms with Gasteiger partial charge in [-0.15, -0.1) is 0 Å². The lowest BCUT2D eigenvalue weighted by Crippen LogP contribution is -2.40. The highest BCUT2D eigenvalue weighted by Gasteiger charge is 2.30. The highest BCUT2D eigenvalue weighted by Crippen LogP contribution is 2.20. The fourth-order valence-electron chi connectivity index (χ4n) is 1.90. The van der Waals surface area contributed by atoms with Crippen LogP contribution in [0.3, 0.4) is 0 Å². The Balaban J connectivity index is 1.85. The van der Waals surface area contributed by atoms with Crippen molar-refractivity contribution in [2.75, 3.05) is 18.5 Å². The zero-order valence-electron chi connectivity index (χ0n) is 10.8. The lowest BCUT2D eigenvalue weighted by Gasteiger charge is -2.32. The summed E-state index contributed by atoms with van der Waals surface area (Å²) in [5.74, 6) is 0.346. The summed E-state index contributed by atoms with van der Waals surface area (Å²) < 4.78 is 10.5. The van der Waals surface area contributed by atoms with Crippen molar-refractivity contribution < 1.29 is 14.3 Å². The zero-order valence-corrected chi connectivity index (χ0v) is 10.8.